The first kappa shape index (κ1) is 13.8. The van der Waals surface area contributed by atoms with E-state index in [-0.39, 0.29) is 11.4 Å². The lowest BCUT2D eigenvalue weighted by Crippen LogP contribution is -2.31. The highest BCUT2D eigenvalue weighted by molar-refractivity contribution is 6.32. The molecule has 0 fully saturated rings. The summed E-state index contributed by atoms with van der Waals surface area (Å²) in [6, 6.07) is 7.66. The minimum atomic E-state index is -0.708. The molecule has 20 heavy (non-hydrogen) atoms. The number of aromatic nitrogens is 2. The van der Waals surface area contributed by atoms with Gasteiger partial charge in [-0.15, -0.1) is 0 Å². The van der Waals surface area contributed by atoms with Crippen LogP contribution in [-0.4, -0.2) is 21.8 Å². The van der Waals surface area contributed by atoms with Crippen LogP contribution in [0.25, 0.3) is 0 Å². The Labute approximate surface area is 119 Å². The monoisotopic (exact) mass is 291 g/mol. The van der Waals surface area contributed by atoms with Gasteiger partial charge in [0.05, 0.1) is 5.02 Å². The second kappa shape index (κ2) is 5.98. The van der Waals surface area contributed by atoms with Crippen molar-refractivity contribution in [1.82, 2.24) is 15.4 Å². The van der Waals surface area contributed by atoms with Crippen molar-refractivity contribution in [2.24, 2.45) is 5.73 Å². The maximum absolute atomic E-state index is 11.8. The van der Waals surface area contributed by atoms with E-state index in [1.54, 1.807) is 12.1 Å². The Morgan fingerprint density at radius 1 is 1.15 bits per heavy atom. The van der Waals surface area contributed by atoms with Crippen molar-refractivity contribution in [2.45, 2.75) is 0 Å². The lowest BCUT2D eigenvalue weighted by Gasteiger charge is -2.08. The van der Waals surface area contributed by atoms with Gasteiger partial charge in [-0.25, -0.2) is 9.97 Å². The first-order valence-electron chi connectivity index (χ1n) is 5.51. The van der Waals surface area contributed by atoms with Crippen LogP contribution in [0.3, 0.4) is 0 Å². The Kier molecular flexibility index (Phi) is 4.11. The maximum atomic E-state index is 11.8. The molecule has 0 atom stereocenters. The van der Waals surface area contributed by atoms with E-state index in [4.69, 9.17) is 17.3 Å². The van der Waals surface area contributed by atoms with Crippen LogP contribution in [0.1, 0.15) is 21.0 Å². The van der Waals surface area contributed by atoms with Gasteiger partial charge >= 0.3 is 0 Å². The van der Waals surface area contributed by atoms with Gasteiger partial charge in [-0.3, -0.25) is 20.4 Å². The van der Waals surface area contributed by atoms with Gasteiger partial charge in [0.25, 0.3) is 11.8 Å². The zero-order chi connectivity index (χ0) is 14.5. The number of rotatable bonds is 4. The molecule has 0 bridgehead atoms. The summed E-state index contributed by atoms with van der Waals surface area (Å²) in [5.74, 6) is -0.955. The van der Waals surface area contributed by atoms with Gasteiger partial charge in [0.2, 0.25) is 0 Å². The zero-order valence-corrected chi connectivity index (χ0v) is 10.9. The summed E-state index contributed by atoms with van der Waals surface area (Å²) in [5, 5.41) is 0.353. The summed E-state index contributed by atoms with van der Waals surface area (Å²) < 4.78 is 0. The molecule has 0 aliphatic heterocycles. The topological polar surface area (TPSA) is 110 Å². The third-order valence-electron chi connectivity index (χ3n) is 2.29. The van der Waals surface area contributed by atoms with Crippen molar-refractivity contribution in [3.8, 4) is 0 Å². The Morgan fingerprint density at radius 2 is 1.90 bits per heavy atom. The quantitative estimate of drug-likeness (QED) is 0.728. The highest BCUT2D eigenvalue weighted by Gasteiger charge is 2.10. The van der Waals surface area contributed by atoms with Crippen molar-refractivity contribution in [2.75, 3.05) is 5.43 Å². The fourth-order valence-electron chi connectivity index (χ4n) is 1.36. The molecule has 0 spiro atoms. The minimum Gasteiger partial charge on any atom is -0.364 e. The van der Waals surface area contributed by atoms with Gasteiger partial charge in [0, 0.05) is 6.20 Å². The average molecular weight is 292 g/mol. The van der Waals surface area contributed by atoms with Crippen LogP contribution in [0.5, 0.6) is 0 Å². The van der Waals surface area contributed by atoms with Crippen LogP contribution in [0.4, 0.5) is 5.82 Å². The van der Waals surface area contributed by atoms with Crippen LogP contribution in [0, 0.1) is 0 Å². The number of halogens is 1. The summed E-state index contributed by atoms with van der Waals surface area (Å²) in [5.41, 5.74) is 10.1. The highest BCUT2D eigenvalue weighted by atomic mass is 35.5. The molecule has 0 saturated heterocycles. The summed E-state index contributed by atoms with van der Waals surface area (Å²) in [7, 11) is 0. The van der Waals surface area contributed by atoms with Crippen LogP contribution in [0.15, 0.2) is 36.5 Å². The largest absolute Gasteiger partial charge is 0.364 e. The average Bonchev–Trinajstić information content (AvgIpc) is 2.46. The SMILES string of the molecule is NC(=O)c1cccc(C(=O)NNc2ncccc2Cl)n1. The van der Waals surface area contributed by atoms with Crippen LogP contribution in [0.2, 0.25) is 5.02 Å². The molecule has 0 saturated carbocycles. The highest BCUT2D eigenvalue weighted by Crippen LogP contribution is 2.16. The van der Waals surface area contributed by atoms with Crippen molar-refractivity contribution < 1.29 is 9.59 Å². The molecule has 2 heterocycles. The molecule has 2 rings (SSSR count). The predicted octanol–water partition coefficient (Wildman–Crippen LogP) is 0.986. The molecular formula is C12H10ClN5O2. The van der Waals surface area contributed by atoms with Gasteiger partial charge in [0.15, 0.2) is 5.82 Å². The maximum Gasteiger partial charge on any atom is 0.288 e. The summed E-state index contributed by atoms with van der Waals surface area (Å²) in [4.78, 5) is 30.6. The van der Waals surface area contributed by atoms with E-state index in [0.717, 1.165) is 0 Å². The molecule has 2 aromatic heterocycles. The van der Waals surface area contributed by atoms with Gasteiger partial charge < -0.3 is 5.73 Å². The molecule has 8 heteroatoms. The minimum absolute atomic E-state index is 0.00789. The summed E-state index contributed by atoms with van der Waals surface area (Å²) in [6.07, 6.45) is 1.52. The van der Waals surface area contributed by atoms with E-state index in [0.29, 0.717) is 10.8 Å². The molecule has 0 aliphatic rings. The number of amides is 2. The lowest BCUT2D eigenvalue weighted by atomic mass is 10.3. The molecule has 0 aromatic carbocycles. The first-order chi connectivity index (χ1) is 9.58. The van der Waals surface area contributed by atoms with Gasteiger partial charge in [-0.2, -0.15) is 0 Å². The van der Waals surface area contributed by atoms with Crippen molar-refractivity contribution in [3.63, 3.8) is 0 Å². The number of anilines is 1. The van der Waals surface area contributed by atoms with E-state index < -0.39 is 11.8 Å². The lowest BCUT2D eigenvalue weighted by molar-refractivity contribution is 0.0957. The number of carbonyl (C=O) groups excluding carboxylic acids is 2. The van der Waals surface area contributed by atoms with E-state index in [2.05, 4.69) is 20.8 Å². The molecule has 0 aliphatic carbocycles. The molecule has 2 amide bonds. The Balaban J connectivity index is 2.07. The standard InChI is InChI=1S/C12H10ClN5O2/c13-7-3-2-6-15-11(7)17-18-12(20)9-5-1-4-8(16-9)10(14)19/h1-6H,(H2,14,19)(H,15,17)(H,18,20). The Hall–Kier alpha value is -2.67. The zero-order valence-electron chi connectivity index (χ0n) is 10.1. The number of primary amides is 1. The molecule has 7 nitrogen and oxygen atoms in total. The third-order valence-corrected chi connectivity index (χ3v) is 2.59. The third kappa shape index (κ3) is 3.21. The predicted molar refractivity (Wildman–Crippen MR) is 73.1 cm³/mol. The van der Waals surface area contributed by atoms with E-state index >= 15 is 0 Å². The molecule has 102 valence electrons. The number of hydrogen-bond acceptors (Lipinski definition) is 5. The number of hydrogen-bond donors (Lipinski definition) is 3. The van der Waals surface area contributed by atoms with Gasteiger partial charge in [-0.1, -0.05) is 17.7 Å². The van der Waals surface area contributed by atoms with E-state index in [9.17, 15) is 9.59 Å². The van der Waals surface area contributed by atoms with Gasteiger partial charge in [0.1, 0.15) is 11.4 Å². The fourth-order valence-corrected chi connectivity index (χ4v) is 1.52. The number of pyridine rings is 2. The van der Waals surface area contributed by atoms with Crippen LogP contribution in [-0.2, 0) is 0 Å². The van der Waals surface area contributed by atoms with Crippen molar-refractivity contribution >= 4 is 29.2 Å². The molecule has 0 unspecified atom stereocenters. The summed E-state index contributed by atoms with van der Waals surface area (Å²) >= 11 is 5.87. The smallest absolute Gasteiger partial charge is 0.288 e. The second-order valence-electron chi connectivity index (χ2n) is 3.69. The number of nitrogens with two attached hydrogens (primary N) is 1. The fraction of sp³-hybridized carbons (Fsp3) is 0. The molecule has 0 radical (unpaired) electrons. The number of nitrogens with zero attached hydrogens (tertiary/aromatic N) is 2. The normalized spacial score (nSPS) is 9.85. The van der Waals surface area contributed by atoms with Gasteiger partial charge in [-0.05, 0) is 24.3 Å². The van der Waals surface area contributed by atoms with Crippen molar-refractivity contribution in [3.05, 3.63) is 52.9 Å². The van der Waals surface area contributed by atoms with Crippen LogP contribution >= 0.6 is 11.6 Å². The molecular weight excluding hydrogens is 282 g/mol. The second-order valence-corrected chi connectivity index (χ2v) is 4.09. The Morgan fingerprint density at radius 3 is 2.60 bits per heavy atom. The number of carbonyl (C=O) groups is 2. The molecule has 4 N–H and O–H groups in total. The van der Waals surface area contributed by atoms with Crippen LogP contribution < -0.4 is 16.6 Å². The summed E-state index contributed by atoms with van der Waals surface area (Å²) in [6.45, 7) is 0. The number of hydrazine groups is 1. The number of nitrogens with one attached hydrogen (secondary N) is 2. The van der Waals surface area contributed by atoms with E-state index in [1.165, 1.54) is 24.4 Å². The van der Waals surface area contributed by atoms with Crippen molar-refractivity contribution in [1.29, 1.82) is 0 Å². The first-order valence-corrected chi connectivity index (χ1v) is 5.89. The Bertz CT molecular complexity index is 662. The van der Waals surface area contributed by atoms with E-state index in [1.807, 2.05) is 0 Å². The molecule has 2 aromatic rings.